The predicted molar refractivity (Wildman–Crippen MR) is 480 cm³/mol. The van der Waals surface area contributed by atoms with Crippen LogP contribution in [-0.2, 0) is 10.8 Å². The van der Waals surface area contributed by atoms with Crippen molar-refractivity contribution in [1.29, 1.82) is 0 Å². The van der Waals surface area contributed by atoms with E-state index in [1.807, 2.05) is 0 Å². The van der Waals surface area contributed by atoms with E-state index in [4.69, 9.17) is 0 Å². The number of nitrogens with zero attached hydrogens (tertiary/aromatic N) is 3. The molecule has 0 atom stereocenters. The van der Waals surface area contributed by atoms with Gasteiger partial charge in [-0.1, -0.05) is 351 Å². The highest BCUT2D eigenvalue weighted by atomic mass is 15.2. The van der Waals surface area contributed by atoms with Crippen LogP contribution in [0.3, 0.4) is 0 Å². The standard InChI is InChI=1S/C108H80BN3/c1-107(2,3)79-63-90(71-37-17-9-18-38-71)104(91(64-79)72-39-19-10-20-40-72)111-98-57-53-75(69-33-13-7-14-34-69)61-95(98)109-96-62-76(70-35-15-8-16-36-70)54-58-99(96)112(105-92(73-41-21-11-22-42-73)65-80(108(4,5)6)66-93(105)74-43-23-12-24-44-74)101-68-81(67-100(111)103(101)109)110-97-56-55-78(89-59-77-45-25-26-46-82(77)83-47-27-28-50-86(83)89)60-94(97)102-87-51-31-29-48-84(87)85-49-30-32-52-88(85)106(102)110/h7-68H,1-6H3. The molecule has 0 radical (unpaired) electrons. The molecule has 0 saturated heterocycles. The molecule has 0 bridgehead atoms. The molecule has 0 amide bonds. The molecule has 0 aliphatic carbocycles. The van der Waals surface area contributed by atoms with Crippen LogP contribution in [0.1, 0.15) is 52.7 Å². The number of hydrogen-bond donors (Lipinski definition) is 0. The topological polar surface area (TPSA) is 11.4 Å². The van der Waals surface area contributed by atoms with Gasteiger partial charge < -0.3 is 14.4 Å². The Balaban J connectivity index is 0.985. The lowest BCUT2D eigenvalue weighted by Crippen LogP contribution is -2.61. The van der Waals surface area contributed by atoms with Gasteiger partial charge in [-0.05, 0) is 198 Å². The Morgan fingerprint density at radius 2 is 0.598 bits per heavy atom. The molecular weight excluding hydrogens is 1350 g/mol. The van der Waals surface area contributed by atoms with Gasteiger partial charge in [0.2, 0.25) is 0 Å². The summed E-state index contributed by atoms with van der Waals surface area (Å²) in [6, 6.07) is 143. The highest BCUT2D eigenvalue weighted by molar-refractivity contribution is 7.00. The lowest BCUT2D eigenvalue weighted by Gasteiger charge is -2.46. The summed E-state index contributed by atoms with van der Waals surface area (Å²) in [4.78, 5) is 5.46. The molecule has 3 nitrogen and oxygen atoms in total. The highest BCUT2D eigenvalue weighted by Gasteiger charge is 2.46. The molecule has 2 aliphatic heterocycles. The Bertz CT molecular complexity index is 6610. The molecule has 0 N–H and O–H groups in total. The van der Waals surface area contributed by atoms with E-state index in [2.05, 4.69) is 432 Å². The van der Waals surface area contributed by atoms with E-state index in [1.54, 1.807) is 0 Å². The number of hydrogen-bond acceptors (Lipinski definition) is 2. The maximum absolute atomic E-state index is 2.73. The molecule has 112 heavy (non-hydrogen) atoms. The summed E-state index contributed by atoms with van der Waals surface area (Å²) >= 11 is 0. The van der Waals surface area contributed by atoms with Gasteiger partial charge in [-0.25, -0.2) is 0 Å². The van der Waals surface area contributed by atoms with E-state index >= 15 is 0 Å². The Morgan fingerprint density at radius 3 is 1.04 bits per heavy atom. The second-order valence-electron chi connectivity index (χ2n) is 32.7. The molecule has 530 valence electrons. The minimum absolute atomic E-state index is 0.221. The van der Waals surface area contributed by atoms with Gasteiger partial charge >= 0.3 is 0 Å². The van der Waals surface area contributed by atoms with E-state index in [-0.39, 0.29) is 17.5 Å². The van der Waals surface area contributed by atoms with Crippen LogP contribution in [-0.4, -0.2) is 11.3 Å². The van der Waals surface area contributed by atoms with Gasteiger partial charge in [0.15, 0.2) is 0 Å². The molecule has 0 saturated carbocycles. The second kappa shape index (κ2) is 26.1. The summed E-state index contributed by atoms with van der Waals surface area (Å²) in [6.45, 7) is 13.9. The molecule has 0 fully saturated rings. The van der Waals surface area contributed by atoms with Crippen molar-refractivity contribution >= 4 is 122 Å². The number of aromatic nitrogens is 1. The van der Waals surface area contributed by atoms with Crippen molar-refractivity contribution in [3.05, 3.63) is 387 Å². The van der Waals surface area contributed by atoms with Crippen LogP contribution in [0.15, 0.2) is 376 Å². The Morgan fingerprint density at radius 1 is 0.241 bits per heavy atom. The van der Waals surface area contributed by atoms with Crippen molar-refractivity contribution in [1.82, 2.24) is 4.57 Å². The third-order valence-corrected chi connectivity index (χ3v) is 24.0. The fraction of sp³-hybridized carbons (Fsp3) is 0.0741. The third-order valence-electron chi connectivity index (χ3n) is 24.0. The monoisotopic (exact) mass is 1430 g/mol. The average Bonchev–Trinajstić information content (AvgIpc) is 0.900. The maximum atomic E-state index is 2.73. The summed E-state index contributed by atoms with van der Waals surface area (Å²) in [5.41, 5.74) is 32.0. The number of anilines is 6. The van der Waals surface area contributed by atoms with E-state index in [1.165, 1.54) is 104 Å². The molecule has 18 aromatic carbocycles. The lowest BCUT2D eigenvalue weighted by atomic mass is 9.33. The van der Waals surface area contributed by atoms with Crippen molar-refractivity contribution in [2.45, 2.75) is 52.4 Å². The van der Waals surface area contributed by atoms with Crippen molar-refractivity contribution < 1.29 is 0 Å². The number of fused-ring (bicyclic) bond motifs is 15. The van der Waals surface area contributed by atoms with Crippen LogP contribution in [0, 0.1) is 0 Å². The van der Waals surface area contributed by atoms with E-state index in [9.17, 15) is 0 Å². The van der Waals surface area contributed by atoms with E-state index in [0.29, 0.717) is 0 Å². The van der Waals surface area contributed by atoms with Crippen molar-refractivity contribution in [3.8, 4) is 83.6 Å². The molecule has 1 aromatic heterocycles. The smallest absolute Gasteiger partial charge is 0.252 e. The van der Waals surface area contributed by atoms with Gasteiger partial charge in [-0.15, -0.1) is 0 Å². The molecule has 19 aromatic rings. The molecule has 21 rings (SSSR count). The van der Waals surface area contributed by atoms with Crippen LogP contribution >= 0.6 is 0 Å². The van der Waals surface area contributed by atoms with Gasteiger partial charge in [0.05, 0.1) is 28.1 Å². The molecule has 0 unspecified atom stereocenters. The van der Waals surface area contributed by atoms with Crippen LogP contribution < -0.4 is 26.2 Å². The summed E-state index contributed by atoms with van der Waals surface area (Å²) in [6.07, 6.45) is 0. The Labute approximate surface area is 655 Å². The second-order valence-corrected chi connectivity index (χ2v) is 32.7. The maximum Gasteiger partial charge on any atom is 0.252 e. The largest absolute Gasteiger partial charge is 0.310 e. The first-order valence-electron chi connectivity index (χ1n) is 39.4. The van der Waals surface area contributed by atoms with Crippen LogP contribution in [0.5, 0.6) is 0 Å². The Hall–Kier alpha value is -13.5. The quantitative estimate of drug-likeness (QED) is 0.0999. The number of rotatable bonds is 10. The van der Waals surface area contributed by atoms with Crippen molar-refractivity contribution in [3.63, 3.8) is 0 Å². The van der Waals surface area contributed by atoms with Crippen LogP contribution in [0.25, 0.3) is 148 Å². The van der Waals surface area contributed by atoms with Gasteiger partial charge in [-0.3, -0.25) is 0 Å². The molecule has 2 aliphatic rings. The fourth-order valence-electron chi connectivity index (χ4n) is 18.6. The minimum Gasteiger partial charge on any atom is -0.310 e. The zero-order valence-electron chi connectivity index (χ0n) is 63.7. The average molecular weight is 1430 g/mol. The first-order valence-corrected chi connectivity index (χ1v) is 39.4. The molecule has 0 spiro atoms. The predicted octanol–water partition coefficient (Wildman–Crippen LogP) is 27.7. The van der Waals surface area contributed by atoms with Gasteiger partial charge in [-0.2, -0.15) is 0 Å². The zero-order chi connectivity index (χ0) is 75.1. The summed E-state index contributed by atoms with van der Waals surface area (Å²) in [5, 5.41) is 12.2. The van der Waals surface area contributed by atoms with Gasteiger partial charge in [0.1, 0.15) is 0 Å². The minimum atomic E-state index is -0.297. The molecular formula is C108H80BN3. The van der Waals surface area contributed by atoms with Crippen LogP contribution in [0.4, 0.5) is 34.1 Å². The normalized spacial score (nSPS) is 12.7. The zero-order valence-corrected chi connectivity index (χ0v) is 63.7. The van der Waals surface area contributed by atoms with Gasteiger partial charge in [0, 0.05) is 61.2 Å². The van der Waals surface area contributed by atoms with Crippen molar-refractivity contribution in [2.24, 2.45) is 0 Å². The van der Waals surface area contributed by atoms with E-state index in [0.717, 1.165) is 106 Å². The van der Waals surface area contributed by atoms with Crippen LogP contribution in [0.2, 0.25) is 0 Å². The highest BCUT2D eigenvalue weighted by Crippen LogP contribution is 2.56. The first-order chi connectivity index (χ1) is 54.9. The van der Waals surface area contributed by atoms with Gasteiger partial charge in [0.25, 0.3) is 6.71 Å². The lowest BCUT2D eigenvalue weighted by molar-refractivity contribution is 0.590. The Kier molecular flexibility index (Phi) is 15.5. The molecule has 3 heterocycles. The number of benzene rings is 18. The summed E-state index contributed by atoms with van der Waals surface area (Å²) in [5.74, 6) is 0. The van der Waals surface area contributed by atoms with E-state index < -0.39 is 0 Å². The third kappa shape index (κ3) is 10.8. The molecule has 4 heteroatoms. The summed E-state index contributed by atoms with van der Waals surface area (Å²) in [7, 11) is 0. The SMILES string of the molecule is CC(C)(C)c1cc(-c2ccccc2)c(N2c3ccc(-c4ccccc4)cc3B3c4cc(-c5ccccc5)ccc4N(c4c(-c5ccccc5)cc(C(C)(C)C)cc4-c4ccccc4)c4cc(-n5c6ccc(-c7cc8ccccc8c8ccccc78)cc6c6c7ccccc7c7ccccc7c65)cc2c43)c(-c2ccccc2)c1. The summed E-state index contributed by atoms with van der Waals surface area (Å²) < 4.78 is 2.67. The fourth-order valence-corrected chi connectivity index (χ4v) is 18.6. The first kappa shape index (κ1) is 66.6. The van der Waals surface area contributed by atoms with Crippen molar-refractivity contribution in [2.75, 3.05) is 9.80 Å².